The predicted octanol–water partition coefficient (Wildman–Crippen LogP) is 6.51. The van der Waals surface area contributed by atoms with E-state index in [2.05, 4.69) is 6.58 Å². The lowest BCUT2D eigenvalue weighted by Gasteiger charge is -2.18. The summed E-state index contributed by atoms with van der Waals surface area (Å²) in [6.07, 6.45) is 1.71. The highest BCUT2D eigenvalue weighted by Gasteiger charge is 2.26. The van der Waals surface area contributed by atoms with Crippen LogP contribution in [0.15, 0.2) is 73.3 Å². The zero-order valence-corrected chi connectivity index (χ0v) is 21.2. The van der Waals surface area contributed by atoms with Gasteiger partial charge < -0.3 is 15.3 Å². The van der Waals surface area contributed by atoms with Crippen LogP contribution in [-0.4, -0.2) is 27.3 Å². The second-order valence-electron chi connectivity index (χ2n) is 9.36. The first-order valence-corrected chi connectivity index (χ1v) is 12.1. The summed E-state index contributed by atoms with van der Waals surface area (Å²) in [7, 11) is 1.90. The third-order valence-electron chi connectivity index (χ3n) is 7.37. The highest BCUT2D eigenvalue weighted by molar-refractivity contribution is 6.14. The van der Waals surface area contributed by atoms with Crippen molar-refractivity contribution in [1.29, 1.82) is 0 Å². The number of carbonyl (C=O) groups is 2. The second-order valence-corrected chi connectivity index (χ2v) is 9.36. The number of aryl methyl sites for hydroxylation is 1. The van der Waals surface area contributed by atoms with Gasteiger partial charge in [-0.25, -0.2) is 9.59 Å². The van der Waals surface area contributed by atoms with Crippen LogP contribution in [0.1, 0.15) is 37.4 Å². The van der Waals surface area contributed by atoms with Crippen molar-refractivity contribution >= 4 is 39.8 Å². The van der Waals surface area contributed by atoms with Gasteiger partial charge in [0.05, 0.1) is 21.9 Å². The van der Waals surface area contributed by atoms with E-state index >= 15 is 0 Å². The molecule has 0 atom stereocenters. The number of hydrogen-bond acceptors (Lipinski definition) is 3. The molecule has 1 aromatic heterocycles. The number of nitrogens with zero attached hydrogens (tertiary/aromatic N) is 1. The highest BCUT2D eigenvalue weighted by Crippen LogP contribution is 2.41. The Morgan fingerprint density at radius 3 is 2.16 bits per heavy atom. The Labute approximate surface area is 219 Å². The molecule has 0 spiro atoms. The van der Waals surface area contributed by atoms with E-state index in [0.717, 1.165) is 38.9 Å². The van der Waals surface area contributed by atoms with Crippen LogP contribution < -0.4 is 4.57 Å². The molecule has 6 nitrogen and oxygen atoms in total. The van der Waals surface area contributed by atoms with Crippen LogP contribution in [0.3, 0.4) is 0 Å². The Morgan fingerprint density at radius 2 is 1.47 bits per heavy atom. The molecular weight excluding hydrogens is 478 g/mol. The molecule has 0 fully saturated rings. The quantitative estimate of drug-likeness (QED) is 0.187. The highest BCUT2D eigenvalue weighted by atomic mass is 16.4. The van der Waals surface area contributed by atoms with Crippen LogP contribution >= 0.6 is 0 Å². The van der Waals surface area contributed by atoms with Gasteiger partial charge in [0, 0.05) is 12.1 Å². The second kappa shape index (κ2) is 9.16. The third kappa shape index (κ3) is 3.78. The van der Waals surface area contributed by atoms with E-state index in [4.69, 9.17) is 0 Å². The fraction of sp³-hybridized carbons (Fsp3) is 0.0938. The maximum Gasteiger partial charge on any atom is 0.337 e. The number of phenols is 1. The minimum atomic E-state index is -1.04. The van der Waals surface area contributed by atoms with E-state index in [-0.39, 0.29) is 16.9 Å². The molecule has 5 rings (SSSR count). The van der Waals surface area contributed by atoms with Gasteiger partial charge in [0.25, 0.3) is 0 Å². The lowest BCUT2D eigenvalue weighted by Crippen LogP contribution is -2.31. The molecule has 38 heavy (non-hydrogen) atoms. The van der Waals surface area contributed by atoms with Crippen LogP contribution in [0.2, 0.25) is 0 Å². The fourth-order valence-corrected chi connectivity index (χ4v) is 5.29. The molecule has 3 N–H and O–H groups in total. The summed E-state index contributed by atoms with van der Waals surface area (Å²) < 4.78 is 1.96. The Morgan fingerprint density at radius 1 is 0.763 bits per heavy atom. The molecule has 0 saturated carbocycles. The Balaban J connectivity index is 2.01. The van der Waals surface area contributed by atoms with Crippen LogP contribution in [0.5, 0.6) is 5.75 Å². The van der Waals surface area contributed by atoms with Crippen molar-refractivity contribution in [3.05, 3.63) is 101 Å². The largest absolute Gasteiger partial charge is 0.508 e. The first kappa shape index (κ1) is 24.7. The molecule has 5 aromatic rings. The molecular formula is C32H26NO5+. The zero-order chi connectivity index (χ0) is 27.3. The number of rotatable bonds is 5. The number of benzene rings is 4. The van der Waals surface area contributed by atoms with E-state index in [1.54, 1.807) is 49.4 Å². The van der Waals surface area contributed by atoms with Gasteiger partial charge in [0.1, 0.15) is 12.8 Å². The summed E-state index contributed by atoms with van der Waals surface area (Å²) in [6.45, 7) is 7.57. The lowest BCUT2D eigenvalue weighted by atomic mass is 9.85. The van der Waals surface area contributed by atoms with Crippen molar-refractivity contribution in [2.45, 2.75) is 13.8 Å². The average molecular weight is 505 g/mol. The number of aromatic nitrogens is 1. The molecule has 0 aliphatic heterocycles. The minimum absolute atomic E-state index is 0.0832. The number of carboxylic acids is 2. The van der Waals surface area contributed by atoms with Crippen molar-refractivity contribution < 1.29 is 29.5 Å². The molecule has 188 valence electrons. The zero-order valence-electron chi connectivity index (χ0n) is 21.2. The minimum Gasteiger partial charge on any atom is -0.508 e. The van der Waals surface area contributed by atoms with Crippen molar-refractivity contribution in [3.63, 3.8) is 0 Å². The molecule has 0 aliphatic carbocycles. The molecule has 0 unspecified atom stereocenters. The number of phenolic OH excluding ortho intramolecular Hbond substituents is 1. The fourth-order valence-electron chi connectivity index (χ4n) is 5.29. The number of hydrogen-bond donors (Lipinski definition) is 3. The van der Waals surface area contributed by atoms with Gasteiger partial charge in [-0.1, -0.05) is 36.9 Å². The molecule has 0 aliphatic rings. The maximum atomic E-state index is 12.6. The van der Waals surface area contributed by atoms with Gasteiger partial charge >= 0.3 is 11.9 Å². The number of pyridine rings is 1. The number of aromatic hydroxyl groups is 1. The molecule has 4 aromatic carbocycles. The Hall–Kier alpha value is -4.97. The van der Waals surface area contributed by atoms with Gasteiger partial charge in [-0.2, -0.15) is 4.57 Å². The molecule has 0 bridgehead atoms. The smallest absolute Gasteiger partial charge is 0.337 e. The Kier molecular flexibility index (Phi) is 5.96. The van der Waals surface area contributed by atoms with Crippen molar-refractivity contribution in [2.24, 2.45) is 7.05 Å². The van der Waals surface area contributed by atoms with Crippen LogP contribution in [0, 0.1) is 13.8 Å². The topological polar surface area (TPSA) is 98.7 Å². The number of carboxylic acid groups (broad SMARTS) is 2. The lowest BCUT2D eigenvalue weighted by molar-refractivity contribution is -0.617. The normalized spacial score (nSPS) is 11.1. The maximum absolute atomic E-state index is 12.6. The SMILES string of the molecule is C=Cc1ccc(O)cc1-c1cc2c(cc1-c1ccc(C(=O)O)c(C)c1C)c(C(=O)O)c1ccccc1[n+]2C. The summed E-state index contributed by atoms with van der Waals surface area (Å²) in [5.74, 6) is -1.96. The molecule has 1 heterocycles. The van der Waals surface area contributed by atoms with E-state index in [1.165, 1.54) is 0 Å². The number of aromatic carboxylic acids is 2. The standard InChI is InChI=1S/C32H25NO5/c1-5-19-10-11-20(34)14-24(19)26-16-29-27(30(32(37)38)23-8-6-7-9-28(23)33(29)4)15-25(26)21-12-13-22(31(35)36)18(3)17(21)2/h5-16H,1H2,2-4H3,(H2-,34,35,36,37,38)/p+1. The van der Waals surface area contributed by atoms with Crippen LogP contribution in [0.4, 0.5) is 0 Å². The summed E-state index contributed by atoms with van der Waals surface area (Å²) in [5, 5.41) is 31.5. The summed E-state index contributed by atoms with van der Waals surface area (Å²) in [6, 6.07) is 19.5. The van der Waals surface area contributed by atoms with Gasteiger partial charge in [-0.15, -0.1) is 0 Å². The van der Waals surface area contributed by atoms with Gasteiger partial charge in [-0.05, 0) is 83.1 Å². The summed E-state index contributed by atoms with van der Waals surface area (Å²) in [5.41, 5.74) is 7.05. The number of fused-ring (bicyclic) bond motifs is 2. The van der Waals surface area contributed by atoms with E-state index in [9.17, 15) is 24.9 Å². The van der Waals surface area contributed by atoms with E-state index in [0.29, 0.717) is 21.9 Å². The van der Waals surface area contributed by atoms with E-state index < -0.39 is 11.9 Å². The number of para-hydroxylation sites is 1. The summed E-state index contributed by atoms with van der Waals surface area (Å²) >= 11 is 0. The Bertz CT molecular complexity index is 1830. The summed E-state index contributed by atoms with van der Waals surface area (Å²) in [4.78, 5) is 24.4. The first-order chi connectivity index (χ1) is 18.1. The van der Waals surface area contributed by atoms with Gasteiger partial charge in [0.15, 0.2) is 0 Å². The van der Waals surface area contributed by atoms with E-state index in [1.807, 2.05) is 48.9 Å². The van der Waals surface area contributed by atoms with Crippen molar-refractivity contribution in [3.8, 4) is 28.0 Å². The van der Waals surface area contributed by atoms with Crippen LogP contribution in [0.25, 0.3) is 50.1 Å². The van der Waals surface area contributed by atoms with Crippen molar-refractivity contribution in [1.82, 2.24) is 0 Å². The molecule has 0 saturated heterocycles. The molecule has 0 radical (unpaired) electrons. The molecule has 0 amide bonds. The molecule has 6 heteroatoms. The average Bonchev–Trinajstić information content (AvgIpc) is 2.89. The van der Waals surface area contributed by atoms with Gasteiger partial charge in [-0.3, -0.25) is 0 Å². The predicted molar refractivity (Wildman–Crippen MR) is 149 cm³/mol. The monoisotopic (exact) mass is 504 g/mol. The third-order valence-corrected chi connectivity index (χ3v) is 7.37. The van der Waals surface area contributed by atoms with Crippen molar-refractivity contribution in [2.75, 3.05) is 0 Å². The van der Waals surface area contributed by atoms with Gasteiger partial charge in [0.2, 0.25) is 11.0 Å². The first-order valence-electron chi connectivity index (χ1n) is 12.1. The van der Waals surface area contributed by atoms with Crippen LogP contribution in [-0.2, 0) is 7.05 Å².